The zero-order chi connectivity index (χ0) is 10.1. The van der Waals surface area contributed by atoms with Gasteiger partial charge >= 0.3 is 0 Å². The second-order valence-electron chi connectivity index (χ2n) is 2.57. The smallest absolute Gasteiger partial charge is 0.175 e. The van der Waals surface area contributed by atoms with Crippen molar-refractivity contribution in [3.8, 4) is 5.75 Å². The molecule has 0 saturated carbocycles. The Morgan fingerprint density at radius 1 is 1.38 bits per heavy atom. The molecule has 0 spiro atoms. The van der Waals surface area contributed by atoms with Crippen LogP contribution in [0, 0.1) is 3.57 Å². The van der Waals surface area contributed by atoms with Gasteiger partial charge in [0.1, 0.15) is 5.75 Å². The van der Waals surface area contributed by atoms with E-state index in [0.717, 1.165) is 3.57 Å². The average Bonchev–Trinajstić information content (AvgIpc) is 2.02. The van der Waals surface area contributed by atoms with E-state index in [4.69, 9.17) is 4.74 Å². The van der Waals surface area contributed by atoms with Crippen LogP contribution < -0.4 is 4.74 Å². The fourth-order valence-corrected chi connectivity index (χ4v) is 2.47. The van der Waals surface area contributed by atoms with Gasteiger partial charge < -0.3 is 4.74 Å². The maximum Gasteiger partial charge on any atom is 0.175 e. The van der Waals surface area contributed by atoms with E-state index in [1.165, 1.54) is 12.3 Å². The fraction of sp³-hybridized carbons (Fsp3) is 0.250. The molecule has 3 nitrogen and oxygen atoms in total. The Bertz CT molecular complexity index is 411. The summed E-state index contributed by atoms with van der Waals surface area (Å²) in [7, 11) is -1.56. The molecule has 0 amide bonds. The quantitative estimate of drug-likeness (QED) is 0.781. The van der Waals surface area contributed by atoms with Crippen molar-refractivity contribution in [1.82, 2.24) is 0 Å². The van der Waals surface area contributed by atoms with E-state index < -0.39 is 9.84 Å². The average molecular weight is 312 g/mol. The molecule has 1 aromatic rings. The maximum atomic E-state index is 11.1. The van der Waals surface area contributed by atoms with E-state index in [9.17, 15) is 8.42 Å². The highest BCUT2D eigenvalue weighted by atomic mass is 127. The third-order valence-corrected chi connectivity index (χ3v) is 3.50. The highest BCUT2D eigenvalue weighted by Crippen LogP contribution is 2.23. The maximum absolute atomic E-state index is 11.1. The SMILES string of the molecule is COc1ccc(S(C)(=O)=O)cc1I. The Labute approximate surface area is 91.2 Å². The lowest BCUT2D eigenvalue weighted by molar-refractivity contribution is 0.411. The molecule has 0 bridgehead atoms. The Morgan fingerprint density at radius 3 is 2.38 bits per heavy atom. The summed E-state index contributed by atoms with van der Waals surface area (Å²) in [6.07, 6.45) is 1.19. The first-order chi connectivity index (χ1) is 5.95. The van der Waals surface area contributed by atoms with E-state index in [2.05, 4.69) is 0 Å². The minimum atomic E-state index is -3.11. The molecule has 5 heteroatoms. The van der Waals surface area contributed by atoms with Gasteiger partial charge in [-0.25, -0.2) is 8.42 Å². The molecule has 0 radical (unpaired) electrons. The van der Waals surface area contributed by atoms with Crippen LogP contribution in [0.3, 0.4) is 0 Å². The van der Waals surface area contributed by atoms with Gasteiger partial charge in [0.15, 0.2) is 9.84 Å². The second-order valence-corrected chi connectivity index (χ2v) is 5.75. The van der Waals surface area contributed by atoms with Crippen LogP contribution >= 0.6 is 22.6 Å². The topological polar surface area (TPSA) is 43.4 Å². The van der Waals surface area contributed by atoms with Crippen LogP contribution in [0.5, 0.6) is 5.75 Å². The standard InChI is InChI=1S/C8H9IO3S/c1-12-8-4-3-6(5-7(8)9)13(2,10)11/h3-5H,1-2H3. The van der Waals surface area contributed by atoms with Gasteiger partial charge in [0.05, 0.1) is 15.6 Å². The first-order valence-corrected chi connectivity index (χ1v) is 6.46. The van der Waals surface area contributed by atoms with Crippen molar-refractivity contribution in [3.63, 3.8) is 0 Å². The van der Waals surface area contributed by atoms with E-state index in [0.29, 0.717) is 10.6 Å². The minimum absolute atomic E-state index is 0.317. The van der Waals surface area contributed by atoms with E-state index >= 15 is 0 Å². The van der Waals surface area contributed by atoms with Crippen LogP contribution in [0.1, 0.15) is 0 Å². The van der Waals surface area contributed by atoms with Crippen molar-refractivity contribution in [2.45, 2.75) is 4.90 Å². The highest BCUT2D eigenvalue weighted by Gasteiger charge is 2.09. The van der Waals surface area contributed by atoms with Gasteiger partial charge in [0.2, 0.25) is 0 Å². The Kier molecular flexibility index (Phi) is 3.18. The number of sulfone groups is 1. The molecule has 0 N–H and O–H groups in total. The zero-order valence-corrected chi connectivity index (χ0v) is 10.2. The van der Waals surface area contributed by atoms with Gasteiger partial charge in [-0.2, -0.15) is 0 Å². The molecule has 1 aromatic carbocycles. The molecule has 0 fully saturated rings. The first kappa shape index (κ1) is 10.8. The summed E-state index contributed by atoms with van der Waals surface area (Å²) in [6, 6.07) is 4.78. The summed E-state index contributed by atoms with van der Waals surface area (Å²) >= 11 is 2.04. The Hall–Kier alpha value is -0.300. The number of rotatable bonds is 2. The molecule has 1 rings (SSSR count). The molecular weight excluding hydrogens is 303 g/mol. The molecule has 0 aromatic heterocycles. The monoisotopic (exact) mass is 312 g/mol. The van der Waals surface area contributed by atoms with Crippen molar-refractivity contribution in [2.75, 3.05) is 13.4 Å². The molecule has 0 unspecified atom stereocenters. The predicted octanol–water partition coefficient (Wildman–Crippen LogP) is 1.70. The summed E-state index contributed by atoms with van der Waals surface area (Å²) in [5.41, 5.74) is 0. The molecule has 72 valence electrons. The summed E-state index contributed by atoms with van der Waals surface area (Å²) in [6.45, 7) is 0. The Balaban J connectivity index is 3.26. The van der Waals surface area contributed by atoms with Gasteiger partial charge in [-0.3, -0.25) is 0 Å². The summed E-state index contributed by atoms with van der Waals surface area (Å²) in [5, 5.41) is 0. The van der Waals surface area contributed by atoms with Crippen molar-refractivity contribution in [1.29, 1.82) is 0 Å². The number of hydrogen-bond acceptors (Lipinski definition) is 3. The van der Waals surface area contributed by atoms with Crippen LogP contribution in [0.4, 0.5) is 0 Å². The molecule has 0 atom stereocenters. The largest absolute Gasteiger partial charge is 0.496 e. The molecule has 0 aliphatic heterocycles. The van der Waals surface area contributed by atoms with Crippen LogP contribution in [-0.4, -0.2) is 21.8 Å². The molecular formula is C8H9IO3S. The van der Waals surface area contributed by atoms with Gasteiger partial charge in [-0.15, -0.1) is 0 Å². The highest BCUT2D eigenvalue weighted by molar-refractivity contribution is 14.1. The molecule has 0 heterocycles. The van der Waals surface area contributed by atoms with Crippen molar-refractivity contribution < 1.29 is 13.2 Å². The van der Waals surface area contributed by atoms with Crippen LogP contribution in [0.2, 0.25) is 0 Å². The third-order valence-electron chi connectivity index (χ3n) is 1.55. The second kappa shape index (κ2) is 3.83. The lowest BCUT2D eigenvalue weighted by atomic mass is 10.3. The Morgan fingerprint density at radius 2 is 2.00 bits per heavy atom. The van der Waals surface area contributed by atoms with Gasteiger partial charge in [0.25, 0.3) is 0 Å². The number of methoxy groups -OCH3 is 1. The lowest BCUT2D eigenvalue weighted by Gasteiger charge is -2.04. The van der Waals surface area contributed by atoms with Crippen LogP contribution in [0.15, 0.2) is 23.1 Å². The van der Waals surface area contributed by atoms with E-state index in [-0.39, 0.29) is 0 Å². The first-order valence-electron chi connectivity index (χ1n) is 3.49. The normalized spacial score (nSPS) is 11.3. The number of halogens is 1. The molecule has 13 heavy (non-hydrogen) atoms. The van der Waals surface area contributed by atoms with Gasteiger partial charge in [-0.05, 0) is 40.8 Å². The third kappa shape index (κ3) is 2.57. The molecule has 0 aliphatic carbocycles. The lowest BCUT2D eigenvalue weighted by Crippen LogP contribution is -1.98. The predicted molar refractivity (Wildman–Crippen MR) is 58.8 cm³/mol. The van der Waals surface area contributed by atoms with E-state index in [1.807, 2.05) is 22.6 Å². The molecule has 0 saturated heterocycles. The van der Waals surface area contributed by atoms with Crippen LogP contribution in [-0.2, 0) is 9.84 Å². The number of benzene rings is 1. The molecule has 0 aliphatic rings. The van der Waals surface area contributed by atoms with Crippen molar-refractivity contribution in [2.24, 2.45) is 0 Å². The number of hydrogen-bond donors (Lipinski definition) is 0. The summed E-state index contributed by atoms with van der Waals surface area (Å²) in [4.78, 5) is 0.317. The van der Waals surface area contributed by atoms with Crippen molar-refractivity contribution in [3.05, 3.63) is 21.8 Å². The number of ether oxygens (including phenoxy) is 1. The summed E-state index contributed by atoms with van der Waals surface area (Å²) in [5.74, 6) is 0.688. The minimum Gasteiger partial charge on any atom is -0.496 e. The van der Waals surface area contributed by atoms with E-state index in [1.54, 1.807) is 19.2 Å². The van der Waals surface area contributed by atoms with Gasteiger partial charge in [-0.1, -0.05) is 0 Å². The fourth-order valence-electron chi connectivity index (χ4n) is 0.878. The van der Waals surface area contributed by atoms with Crippen LogP contribution in [0.25, 0.3) is 0 Å². The van der Waals surface area contributed by atoms with Crippen molar-refractivity contribution >= 4 is 32.4 Å². The zero-order valence-electron chi connectivity index (χ0n) is 7.24. The summed E-state index contributed by atoms with van der Waals surface area (Å²) < 4.78 is 28.1. The van der Waals surface area contributed by atoms with Gasteiger partial charge in [0, 0.05) is 6.26 Å².